The lowest BCUT2D eigenvalue weighted by atomic mass is 10.0. The first-order valence-corrected chi connectivity index (χ1v) is 8.31. The molecular weight excluding hydrogens is 362 g/mol. The van der Waals surface area contributed by atoms with E-state index < -0.39 is 0 Å². The van der Waals surface area contributed by atoms with Gasteiger partial charge in [-0.1, -0.05) is 12.1 Å². The number of fused-ring (bicyclic) bond motifs is 1. The highest BCUT2D eigenvalue weighted by atomic mass is 79.9. The fourth-order valence-corrected chi connectivity index (χ4v) is 2.98. The number of benzene rings is 1. The monoisotopic (exact) mass is 379 g/mol. The molecule has 122 valence electrons. The van der Waals surface area contributed by atoms with E-state index in [0.717, 1.165) is 27.9 Å². The molecule has 0 radical (unpaired) electrons. The number of nitrogens with zero attached hydrogens (tertiary/aromatic N) is 3. The molecule has 0 saturated carbocycles. The smallest absolute Gasteiger partial charge is 0.315 e. The van der Waals surface area contributed by atoms with Gasteiger partial charge in [0.15, 0.2) is 0 Å². The van der Waals surface area contributed by atoms with Crippen LogP contribution in [0.25, 0.3) is 0 Å². The maximum absolute atomic E-state index is 12.1. The molecule has 1 unspecified atom stereocenters. The molecule has 23 heavy (non-hydrogen) atoms. The topological polar surface area (TPSA) is 81.1 Å². The third-order valence-corrected chi connectivity index (χ3v) is 4.25. The second-order valence-corrected chi connectivity index (χ2v) is 6.05. The highest BCUT2D eigenvalue weighted by molar-refractivity contribution is 9.10. The highest BCUT2D eigenvalue weighted by Crippen LogP contribution is 2.37. The summed E-state index contributed by atoms with van der Waals surface area (Å²) in [5.74, 6) is 0.801. The number of ether oxygens (including phenoxy) is 1. The standard InChI is InChI=1S/C15H18BrN5O2/c1-2-21-18-9-10(20-21)8-17-15(22)19-13-6-7-23-14-11(13)4-3-5-12(14)16/h3-5,9,13H,2,6-8H2,1H3,(H2,17,19,22). The maximum atomic E-state index is 12.1. The van der Waals surface area contributed by atoms with Gasteiger partial charge in [0.05, 0.1) is 36.4 Å². The number of carbonyl (C=O) groups excluding carboxylic acids is 1. The Morgan fingerprint density at radius 3 is 3.17 bits per heavy atom. The van der Waals surface area contributed by atoms with Gasteiger partial charge >= 0.3 is 6.03 Å². The molecule has 0 fully saturated rings. The minimum absolute atomic E-state index is 0.0671. The van der Waals surface area contributed by atoms with Crippen LogP contribution in [0.15, 0.2) is 28.9 Å². The van der Waals surface area contributed by atoms with Crippen molar-refractivity contribution in [3.05, 3.63) is 40.1 Å². The lowest BCUT2D eigenvalue weighted by Gasteiger charge is -2.27. The normalized spacial score (nSPS) is 16.3. The maximum Gasteiger partial charge on any atom is 0.315 e. The third-order valence-electron chi connectivity index (χ3n) is 3.63. The van der Waals surface area contributed by atoms with E-state index in [4.69, 9.17) is 4.74 Å². The molecule has 2 aromatic rings. The Morgan fingerprint density at radius 1 is 1.52 bits per heavy atom. The van der Waals surface area contributed by atoms with Crippen molar-refractivity contribution in [2.24, 2.45) is 0 Å². The van der Waals surface area contributed by atoms with Gasteiger partial charge in [-0.15, -0.1) is 0 Å². The van der Waals surface area contributed by atoms with E-state index in [2.05, 4.69) is 36.8 Å². The molecule has 2 N–H and O–H groups in total. The number of amides is 2. The largest absolute Gasteiger partial charge is 0.492 e. The van der Waals surface area contributed by atoms with Crippen LogP contribution in [0, 0.1) is 0 Å². The number of para-hydroxylation sites is 1. The predicted molar refractivity (Wildman–Crippen MR) is 88.1 cm³/mol. The van der Waals surface area contributed by atoms with Gasteiger partial charge in [-0.2, -0.15) is 15.0 Å². The van der Waals surface area contributed by atoms with Crippen molar-refractivity contribution < 1.29 is 9.53 Å². The second kappa shape index (κ2) is 6.99. The molecule has 1 atom stereocenters. The van der Waals surface area contributed by atoms with E-state index in [-0.39, 0.29) is 12.1 Å². The van der Waals surface area contributed by atoms with E-state index in [1.165, 1.54) is 0 Å². The Balaban J connectivity index is 1.59. The van der Waals surface area contributed by atoms with Crippen molar-refractivity contribution in [3.8, 4) is 5.75 Å². The zero-order valence-corrected chi connectivity index (χ0v) is 14.3. The first-order valence-electron chi connectivity index (χ1n) is 7.52. The summed E-state index contributed by atoms with van der Waals surface area (Å²) < 4.78 is 6.57. The van der Waals surface area contributed by atoms with E-state index in [9.17, 15) is 4.79 Å². The van der Waals surface area contributed by atoms with Crippen LogP contribution in [0.4, 0.5) is 4.79 Å². The molecule has 3 rings (SSSR count). The van der Waals surface area contributed by atoms with Crippen molar-refractivity contribution >= 4 is 22.0 Å². The molecule has 0 bridgehead atoms. The van der Waals surface area contributed by atoms with Crippen molar-refractivity contribution in [1.82, 2.24) is 25.6 Å². The molecular formula is C15H18BrN5O2. The number of nitrogens with one attached hydrogen (secondary N) is 2. The van der Waals surface area contributed by atoms with Crippen LogP contribution in [-0.2, 0) is 13.1 Å². The molecule has 7 nitrogen and oxygen atoms in total. The lowest BCUT2D eigenvalue weighted by Crippen LogP contribution is -2.39. The lowest BCUT2D eigenvalue weighted by molar-refractivity contribution is 0.222. The Bertz CT molecular complexity index is 703. The molecule has 0 spiro atoms. The molecule has 1 aromatic carbocycles. The quantitative estimate of drug-likeness (QED) is 0.854. The summed E-state index contributed by atoms with van der Waals surface area (Å²) in [6.07, 6.45) is 2.40. The van der Waals surface area contributed by atoms with Crippen LogP contribution in [0.2, 0.25) is 0 Å². The number of aryl methyl sites for hydroxylation is 1. The van der Waals surface area contributed by atoms with Crippen LogP contribution in [0.1, 0.15) is 30.6 Å². The molecule has 1 aliphatic rings. The number of carbonyl (C=O) groups is 1. The molecule has 1 aromatic heterocycles. The van der Waals surface area contributed by atoms with Gasteiger partial charge in [-0.25, -0.2) is 4.79 Å². The number of urea groups is 1. The van der Waals surface area contributed by atoms with Crippen LogP contribution < -0.4 is 15.4 Å². The summed E-state index contributed by atoms with van der Waals surface area (Å²) in [7, 11) is 0. The van der Waals surface area contributed by atoms with Gasteiger partial charge in [0.1, 0.15) is 11.4 Å². The zero-order chi connectivity index (χ0) is 16.2. The van der Waals surface area contributed by atoms with E-state index in [0.29, 0.717) is 19.7 Å². The Labute approximate surface area is 142 Å². The summed E-state index contributed by atoms with van der Waals surface area (Å²) in [5, 5.41) is 14.1. The van der Waals surface area contributed by atoms with Crippen LogP contribution in [0.3, 0.4) is 0 Å². The van der Waals surface area contributed by atoms with Gasteiger partial charge in [-0.05, 0) is 28.9 Å². The molecule has 0 saturated heterocycles. The van der Waals surface area contributed by atoms with Crippen molar-refractivity contribution in [1.29, 1.82) is 0 Å². The number of halogens is 1. The van der Waals surface area contributed by atoms with Gasteiger partial charge in [0, 0.05) is 12.0 Å². The van der Waals surface area contributed by atoms with Crippen LogP contribution in [0.5, 0.6) is 5.75 Å². The molecule has 8 heteroatoms. The molecule has 1 aliphatic heterocycles. The predicted octanol–water partition coefficient (Wildman–Crippen LogP) is 2.38. The fraction of sp³-hybridized carbons (Fsp3) is 0.400. The van der Waals surface area contributed by atoms with Crippen molar-refractivity contribution in [2.75, 3.05) is 6.61 Å². The first kappa shape index (κ1) is 15.8. The van der Waals surface area contributed by atoms with E-state index in [1.54, 1.807) is 11.0 Å². The summed E-state index contributed by atoms with van der Waals surface area (Å²) in [5.41, 5.74) is 1.72. The fourth-order valence-electron chi connectivity index (χ4n) is 2.48. The minimum Gasteiger partial charge on any atom is -0.492 e. The molecule has 2 heterocycles. The summed E-state index contributed by atoms with van der Waals surface area (Å²) in [6.45, 7) is 3.59. The Kier molecular flexibility index (Phi) is 4.80. The van der Waals surface area contributed by atoms with Gasteiger partial charge in [-0.3, -0.25) is 0 Å². The number of hydrogen-bond donors (Lipinski definition) is 2. The van der Waals surface area contributed by atoms with Crippen molar-refractivity contribution in [2.45, 2.75) is 32.5 Å². The average molecular weight is 380 g/mol. The van der Waals surface area contributed by atoms with Crippen molar-refractivity contribution in [3.63, 3.8) is 0 Å². The van der Waals surface area contributed by atoms with Crippen LogP contribution in [-0.4, -0.2) is 27.6 Å². The van der Waals surface area contributed by atoms with Gasteiger partial charge in [0.25, 0.3) is 0 Å². The number of aromatic nitrogens is 3. The van der Waals surface area contributed by atoms with E-state index >= 15 is 0 Å². The average Bonchev–Trinajstić information content (AvgIpc) is 3.02. The Morgan fingerprint density at radius 2 is 2.39 bits per heavy atom. The van der Waals surface area contributed by atoms with E-state index in [1.807, 2.05) is 25.1 Å². The molecule has 0 aliphatic carbocycles. The zero-order valence-electron chi connectivity index (χ0n) is 12.8. The number of rotatable bonds is 4. The van der Waals surface area contributed by atoms with Crippen LogP contribution >= 0.6 is 15.9 Å². The van der Waals surface area contributed by atoms with Gasteiger partial charge in [0.2, 0.25) is 0 Å². The molecule has 2 amide bonds. The third kappa shape index (κ3) is 3.64. The first-order chi connectivity index (χ1) is 11.2. The SMILES string of the molecule is CCn1ncc(CNC(=O)NC2CCOc3c(Br)cccc32)n1. The Hall–Kier alpha value is -2.09. The number of hydrogen-bond acceptors (Lipinski definition) is 4. The minimum atomic E-state index is -0.228. The summed E-state index contributed by atoms with van der Waals surface area (Å²) in [6, 6.07) is 5.54. The summed E-state index contributed by atoms with van der Waals surface area (Å²) in [4.78, 5) is 13.7. The highest BCUT2D eigenvalue weighted by Gasteiger charge is 2.24. The summed E-state index contributed by atoms with van der Waals surface area (Å²) >= 11 is 3.48. The second-order valence-electron chi connectivity index (χ2n) is 5.20. The van der Waals surface area contributed by atoms with Gasteiger partial charge < -0.3 is 15.4 Å².